The molecule has 174 valence electrons. The van der Waals surface area contributed by atoms with Gasteiger partial charge in [0, 0.05) is 22.5 Å². The minimum atomic E-state index is -4.65. The summed E-state index contributed by atoms with van der Waals surface area (Å²) in [6.45, 7) is 7.02. The molecule has 1 heterocycles. The number of carbonyl (C=O) groups excluding carboxylic acids is 1. The highest BCUT2D eigenvalue weighted by molar-refractivity contribution is 7.80. The van der Waals surface area contributed by atoms with Gasteiger partial charge in [-0.1, -0.05) is 12.2 Å². The third-order valence-electron chi connectivity index (χ3n) is 5.25. The van der Waals surface area contributed by atoms with Gasteiger partial charge < -0.3 is 9.29 Å². The lowest BCUT2D eigenvalue weighted by Crippen LogP contribution is -2.33. The molecule has 11 heteroatoms. The van der Waals surface area contributed by atoms with Crippen molar-refractivity contribution in [1.29, 1.82) is 0 Å². The Bertz CT molecular complexity index is 1050. The van der Waals surface area contributed by atoms with Gasteiger partial charge in [0.15, 0.2) is 0 Å². The van der Waals surface area contributed by atoms with E-state index in [0.29, 0.717) is 36.1 Å². The maximum atomic E-state index is 13.5. The molecule has 0 bridgehead atoms. The minimum Gasteiger partial charge on any atom is -0.755 e. The standard InChI is InChI=1S/C21H24F3N3O4S/c1-4-31-20(28)12-26-18-6-5-7-19(17(18)11-25-26)27(32(29)30)16-9-14(13(2)3)8-15(10-16)21(22,23)24/h8-11,19H,2,4-7,12H2,1,3H3,(H,29,30)/p-1. The topological polar surface area (TPSA) is 87.5 Å². The molecule has 32 heavy (non-hydrogen) atoms. The number of hydrogen-bond acceptors (Lipinski definition) is 5. The molecule has 2 atom stereocenters. The maximum Gasteiger partial charge on any atom is 0.416 e. The van der Waals surface area contributed by atoms with Gasteiger partial charge in [0.25, 0.3) is 0 Å². The van der Waals surface area contributed by atoms with Gasteiger partial charge in [-0.25, -0.2) is 0 Å². The number of nitrogens with zero attached hydrogens (tertiary/aromatic N) is 3. The molecular weight excluding hydrogens is 447 g/mol. The average molecular weight is 470 g/mol. The van der Waals surface area contributed by atoms with E-state index in [-0.39, 0.29) is 24.4 Å². The SMILES string of the molecule is C=C(C)c1cc(N(C2CCCc3c2cnn3CC(=O)OCC)S(=O)[O-])cc(C(F)(F)F)c1. The zero-order valence-corrected chi connectivity index (χ0v) is 18.5. The number of ether oxygens (including phenoxy) is 1. The van der Waals surface area contributed by atoms with E-state index in [1.54, 1.807) is 13.8 Å². The van der Waals surface area contributed by atoms with Crippen LogP contribution in [0.5, 0.6) is 0 Å². The Hall–Kier alpha value is -2.66. The second-order valence-electron chi connectivity index (χ2n) is 7.51. The molecule has 1 aliphatic rings. The van der Waals surface area contributed by atoms with Crippen LogP contribution in [-0.4, -0.2) is 31.1 Å². The molecule has 2 unspecified atom stereocenters. The fraction of sp³-hybridized carbons (Fsp3) is 0.429. The first kappa shape index (κ1) is 24.0. The van der Waals surface area contributed by atoms with Crippen LogP contribution in [0.4, 0.5) is 18.9 Å². The van der Waals surface area contributed by atoms with Crippen LogP contribution in [0.1, 0.15) is 55.1 Å². The second-order valence-corrected chi connectivity index (χ2v) is 8.33. The molecule has 0 saturated heterocycles. The van der Waals surface area contributed by atoms with Crippen LogP contribution in [-0.2, 0) is 39.9 Å². The van der Waals surface area contributed by atoms with Gasteiger partial charge in [-0.05, 0) is 56.9 Å². The Balaban J connectivity index is 2.06. The average Bonchev–Trinajstić information content (AvgIpc) is 3.11. The van der Waals surface area contributed by atoms with E-state index in [4.69, 9.17) is 4.74 Å². The van der Waals surface area contributed by atoms with Crippen molar-refractivity contribution in [1.82, 2.24) is 9.78 Å². The summed E-state index contributed by atoms with van der Waals surface area (Å²) in [4.78, 5) is 11.9. The summed E-state index contributed by atoms with van der Waals surface area (Å²) in [5.74, 6) is -0.478. The molecule has 3 rings (SSSR count). The van der Waals surface area contributed by atoms with Gasteiger partial charge in [-0.15, -0.1) is 0 Å². The Kier molecular flexibility index (Phi) is 7.09. The predicted octanol–water partition coefficient (Wildman–Crippen LogP) is 4.18. The van der Waals surface area contributed by atoms with Gasteiger partial charge in [0.1, 0.15) is 6.54 Å². The second kappa shape index (κ2) is 9.45. The third kappa shape index (κ3) is 5.04. The highest BCUT2D eigenvalue weighted by Gasteiger charge is 2.34. The van der Waals surface area contributed by atoms with Crippen molar-refractivity contribution >= 4 is 28.5 Å². The molecule has 0 radical (unpaired) electrons. The number of esters is 1. The van der Waals surface area contributed by atoms with Gasteiger partial charge >= 0.3 is 12.1 Å². The summed E-state index contributed by atoms with van der Waals surface area (Å²) in [6.07, 6.45) is -1.66. The fourth-order valence-corrected chi connectivity index (χ4v) is 4.53. The van der Waals surface area contributed by atoms with Crippen molar-refractivity contribution in [2.24, 2.45) is 0 Å². The Morgan fingerprint density at radius 2 is 2.12 bits per heavy atom. The highest BCUT2D eigenvalue weighted by Crippen LogP contribution is 2.41. The van der Waals surface area contributed by atoms with Gasteiger partial charge in [0.05, 0.1) is 30.1 Å². The van der Waals surface area contributed by atoms with E-state index >= 15 is 0 Å². The summed E-state index contributed by atoms with van der Waals surface area (Å²) in [7, 11) is 0. The molecule has 0 amide bonds. The minimum absolute atomic E-state index is 0.109. The molecular formula is C21H23F3N3O4S-. The van der Waals surface area contributed by atoms with Crippen LogP contribution in [0.25, 0.3) is 5.57 Å². The van der Waals surface area contributed by atoms with E-state index < -0.39 is 35.0 Å². The van der Waals surface area contributed by atoms with Crippen molar-refractivity contribution in [2.45, 2.75) is 51.9 Å². The largest absolute Gasteiger partial charge is 0.755 e. The number of halogens is 3. The van der Waals surface area contributed by atoms with Crippen LogP contribution in [0.3, 0.4) is 0 Å². The quantitative estimate of drug-likeness (QED) is 0.448. The lowest BCUT2D eigenvalue weighted by atomic mass is 9.92. The predicted molar refractivity (Wildman–Crippen MR) is 112 cm³/mol. The molecule has 0 saturated carbocycles. The smallest absolute Gasteiger partial charge is 0.416 e. The molecule has 2 aromatic rings. The first-order valence-corrected chi connectivity index (χ1v) is 11.0. The molecule has 1 aromatic carbocycles. The summed E-state index contributed by atoms with van der Waals surface area (Å²) in [5, 5.41) is 4.20. The maximum absolute atomic E-state index is 13.5. The summed E-state index contributed by atoms with van der Waals surface area (Å²) in [6, 6.07) is 2.39. The monoisotopic (exact) mass is 470 g/mol. The van der Waals surface area contributed by atoms with E-state index in [1.165, 1.54) is 16.9 Å². The lowest BCUT2D eigenvalue weighted by Gasteiger charge is -2.37. The number of carbonyl (C=O) groups is 1. The van der Waals surface area contributed by atoms with Crippen molar-refractivity contribution in [3.63, 3.8) is 0 Å². The summed E-state index contributed by atoms with van der Waals surface area (Å²) < 4.78 is 72.3. The third-order valence-corrected chi connectivity index (χ3v) is 6.04. The number of hydrogen-bond donors (Lipinski definition) is 0. The Morgan fingerprint density at radius 1 is 1.41 bits per heavy atom. The molecule has 0 spiro atoms. The van der Waals surface area contributed by atoms with Gasteiger partial charge in [-0.3, -0.25) is 18.0 Å². The first-order chi connectivity index (χ1) is 15.0. The molecule has 1 aliphatic carbocycles. The Labute approximate surface area is 186 Å². The van der Waals surface area contributed by atoms with Crippen LogP contribution in [0, 0.1) is 0 Å². The summed E-state index contributed by atoms with van der Waals surface area (Å²) >= 11 is -2.86. The molecule has 1 aromatic heterocycles. The fourth-order valence-electron chi connectivity index (χ4n) is 3.82. The number of fused-ring (bicyclic) bond motifs is 1. The van der Waals surface area contributed by atoms with Crippen LogP contribution in [0.15, 0.2) is 31.0 Å². The number of anilines is 1. The number of allylic oxidation sites excluding steroid dienone is 1. The van der Waals surface area contributed by atoms with Crippen LogP contribution in [0.2, 0.25) is 0 Å². The summed E-state index contributed by atoms with van der Waals surface area (Å²) in [5.41, 5.74) is 0.718. The number of rotatable bonds is 7. The Morgan fingerprint density at radius 3 is 2.72 bits per heavy atom. The van der Waals surface area contributed by atoms with Crippen molar-refractivity contribution in [3.05, 3.63) is 53.4 Å². The molecule has 0 fully saturated rings. The van der Waals surface area contributed by atoms with E-state index in [9.17, 15) is 26.7 Å². The molecule has 7 nitrogen and oxygen atoms in total. The van der Waals surface area contributed by atoms with E-state index in [2.05, 4.69) is 11.7 Å². The normalized spacial score (nSPS) is 16.9. The lowest BCUT2D eigenvalue weighted by molar-refractivity contribution is -0.144. The van der Waals surface area contributed by atoms with E-state index in [0.717, 1.165) is 16.4 Å². The van der Waals surface area contributed by atoms with Crippen molar-refractivity contribution in [2.75, 3.05) is 10.9 Å². The van der Waals surface area contributed by atoms with Crippen LogP contribution < -0.4 is 4.31 Å². The number of aromatic nitrogens is 2. The zero-order valence-electron chi connectivity index (χ0n) is 17.6. The molecule has 0 aliphatic heterocycles. The first-order valence-electron chi connectivity index (χ1n) is 10.00. The van der Waals surface area contributed by atoms with Gasteiger partial charge in [-0.2, -0.15) is 18.3 Å². The molecule has 0 N–H and O–H groups in total. The van der Waals surface area contributed by atoms with Crippen molar-refractivity contribution < 1.29 is 31.5 Å². The van der Waals surface area contributed by atoms with E-state index in [1.807, 2.05) is 0 Å². The van der Waals surface area contributed by atoms with Crippen molar-refractivity contribution in [3.8, 4) is 0 Å². The number of alkyl halides is 3. The van der Waals surface area contributed by atoms with Gasteiger partial charge in [0.2, 0.25) is 0 Å². The van der Waals surface area contributed by atoms with Crippen LogP contribution >= 0.6 is 0 Å². The number of benzene rings is 1. The highest BCUT2D eigenvalue weighted by atomic mass is 32.2. The zero-order chi connectivity index (χ0) is 23.6.